The predicted molar refractivity (Wildman–Crippen MR) is 128 cm³/mol. The first-order valence-electron chi connectivity index (χ1n) is 11.0. The molecule has 3 heterocycles. The summed E-state index contributed by atoms with van der Waals surface area (Å²) >= 11 is 12.6. The number of aromatic nitrogens is 1. The van der Waals surface area contributed by atoms with Crippen molar-refractivity contribution in [3.8, 4) is 0 Å². The molecule has 9 heteroatoms. The molecule has 1 aromatic heterocycles. The second kappa shape index (κ2) is 8.85. The number of anilines is 2. The molecular formula is C24H23Cl2F3N4. The van der Waals surface area contributed by atoms with E-state index >= 15 is 0 Å². The third-order valence-corrected chi connectivity index (χ3v) is 7.46. The monoisotopic (exact) mass is 494 g/mol. The summed E-state index contributed by atoms with van der Waals surface area (Å²) in [6.45, 7) is 5.30. The first kappa shape index (κ1) is 22.6. The lowest BCUT2D eigenvalue weighted by Gasteiger charge is -2.39. The fraction of sp³-hybridized carbons (Fsp3) is 0.375. The molecule has 174 valence electrons. The summed E-state index contributed by atoms with van der Waals surface area (Å²) in [5, 5.41) is 1.92. The highest BCUT2D eigenvalue weighted by atomic mass is 35.5. The lowest BCUT2D eigenvalue weighted by Crippen LogP contribution is -2.51. The van der Waals surface area contributed by atoms with Gasteiger partial charge < -0.3 is 9.80 Å². The van der Waals surface area contributed by atoms with Gasteiger partial charge in [0.2, 0.25) is 0 Å². The van der Waals surface area contributed by atoms with Crippen LogP contribution < -0.4 is 9.80 Å². The molecule has 0 bridgehead atoms. The van der Waals surface area contributed by atoms with Gasteiger partial charge in [0.25, 0.3) is 0 Å². The van der Waals surface area contributed by atoms with Gasteiger partial charge in [0.1, 0.15) is 0 Å². The van der Waals surface area contributed by atoms with Crippen LogP contribution in [0.2, 0.25) is 10.0 Å². The van der Waals surface area contributed by atoms with Gasteiger partial charge in [-0.15, -0.1) is 0 Å². The summed E-state index contributed by atoms with van der Waals surface area (Å²) in [6, 6.07) is 11.8. The normalized spacial score (nSPS) is 20.1. The first-order chi connectivity index (χ1) is 15.8. The van der Waals surface area contributed by atoms with E-state index in [1.807, 2.05) is 18.2 Å². The van der Waals surface area contributed by atoms with E-state index < -0.39 is 11.7 Å². The van der Waals surface area contributed by atoms with Crippen molar-refractivity contribution in [2.45, 2.75) is 18.6 Å². The van der Waals surface area contributed by atoms with Crippen LogP contribution in [0, 0.1) is 0 Å². The van der Waals surface area contributed by atoms with Crippen molar-refractivity contribution >= 4 is 45.5 Å². The highest BCUT2D eigenvalue weighted by Gasteiger charge is 2.33. The van der Waals surface area contributed by atoms with Crippen LogP contribution in [0.4, 0.5) is 24.5 Å². The molecule has 0 aliphatic carbocycles. The Kier molecular flexibility index (Phi) is 6.05. The number of piperazine rings is 1. The van der Waals surface area contributed by atoms with Gasteiger partial charge >= 0.3 is 6.18 Å². The molecule has 0 saturated carbocycles. The first-order valence-corrected chi connectivity index (χ1v) is 11.7. The summed E-state index contributed by atoms with van der Waals surface area (Å²) in [6.07, 6.45) is -1.76. The van der Waals surface area contributed by atoms with E-state index in [2.05, 4.69) is 19.7 Å². The molecule has 0 amide bonds. The Hall–Kier alpha value is -2.22. The van der Waals surface area contributed by atoms with Crippen molar-refractivity contribution in [3.63, 3.8) is 0 Å². The minimum atomic E-state index is -4.37. The topological polar surface area (TPSA) is 22.6 Å². The molecule has 2 aliphatic rings. The van der Waals surface area contributed by atoms with Crippen LogP contribution in [0.5, 0.6) is 0 Å². The molecule has 0 unspecified atom stereocenters. The molecule has 2 aliphatic heterocycles. The molecular weight excluding hydrogens is 472 g/mol. The number of hydrogen-bond acceptors (Lipinski definition) is 4. The molecule has 1 atom stereocenters. The molecule has 3 aromatic rings. The van der Waals surface area contributed by atoms with E-state index in [1.165, 1.54) is 0 Å². The van der Waals surface area contributed by atoms with Crippen LogP contribution in [0.1, 0.15) is 12.0 Å². The molecule has 2 saturated heterocycles. The van der Waals surface area contributed by atoms with Crippen LogP contribution in [0.15, 0.2) is 48.7 Å². The average molecular weight is 495 g/mol. The Labute approximate surface area is 200 Å². The van der Waals surface area contributed by atoms with Crippen molar-refractivity contribution in [2.75, 3.05) is 49.1 Å². The van der Waals surface area contributed by atoms with Crippen molar-refractivity contribution in [2.24, 2.45) is 0 Å². The second-order valence-corrected chi connectivity index (χ2v) is 9.33. The zero-order valence-electron chi connectivity index (χ0n) is 17.8. The number of hydrogen-bond donors (Lipinski definition) is 0. The minimum Gasteiger partial charge on any atom is -0.369 e. The Balaban J connectivity index is 1.27. The largest absolute Gasteiger partial charge is 0.416 e. The van der Waals surface area contributed by atoms with Gasteiger partial charge in [0, 0.05) is 62.6 Å². The van der Waals surface area contributed by atoms with E-state index in [0.29, 0.717) is 21.6 Å². The van der Waals surface area contributed by atoms with Gasteiger partial charge in [-0.05, 0) is 36.8 Å². The highest BCUT2D eigenvalue weighted by Crippen LogP contribution is 2.36. The Morgan fingerprint density at radius 2 is 1.67 bits per heavy atom. The van der Waals surface area contributed by atoms with E-state index in [-0.39, 0.29) is 0 Å². The van der Waals surface area contributed by atoms with Gasteiger partial charge in [-0.1, -0.05) is 35.3 Å². The number of alkyl halides is 3. The quantitative estimate of drug-likeness (QED) is 0.447. The Bertz CT molecular complexity index is 1160. The van der Waals surface area contributed by atoms with Crippen LogP contribution >= 0.6 is 23.2 Å². The second-order valence-electron chi connectivity index (χ2n) is 8.54. The van der Waals surface area contributed by atoms with E-state index in [1.54, 1.807) is 18.3 Å². The highest BCUT2D eigenvalue weighted by molar-refractivity contribution is 6.43. The number of nitrogens with zero attached hydrogens (tertiary/aromatic N) is 4. The molecule has 2 aromatic carbocycles. The lowest BCUT2D eigenvalue weighted by molar-refractivity contribution is -0.137. The standard InChI is InChI=1S/C24H23Cl2F3N4/c25-19-2-1-3-22(23(19)26)32-12-10-31(11-13-32)17-7-9-33(15-17)21-6-8-30-20-14-16(24(27,28)29)4-5-18(20)21/h1-6,8,14,17H,7,9-13,15H2/t17-/m1/s1. The molecule has 2 fully saturated rings. The summed E-state index contributed by atoms with van der Waals surface area (Å²) in [5.74, 6) is 0. The molecule has 0 spiro atoms. The summed E-state index contributed by atoms with van der Waals surface area (Å²) in [7, 11) is 0. The zero-order valence-corrected chi connectivity index (χ0v) is 19.3. The van der Waals surface area contributed by atoms with Gasteiger partial charge in [-0.2, -0.15) is 13.2 Å². The number of fused-ring (bicyclic) bond motifs is 1. The molecule has 0 N–H and O–H groups in total. The maximum absolute atomic E-state index is 13.1. The summed E-state index contributed by atoms with van der Waals surface area (Å²) in [5.41, 5.74) is 1.62. The van der Waals surface area contributed by atoms with Crippen molar-refractivity contribution in [1.82, 2.24) is 9.88 Å². The van der Waals surface area contributed by atoms with Crippen molar-refractivity contribution < 1.29 is 13.2 Å². The van der Waals surface area contributed by atoms with Gasteiger partial charge in [-0.25, -0.2) is 0 Å². The predicted octanol–water partition coefficient (Wildman–Crippen LogP) is 5.96. The minimum absolute atomic E-state index is 0.373. The molecule has 33 heavy (non-hydrogen) atoms. The SMILES string of the molecule is FC(F)(F)c1ccc2c(N3CC[C@@H](N4CCN(c5cccc(Cl)c5Cl)CC4)C3)ccnc2c1. The smallest absolute Gasteiger partial charge is 0.369 e. The molecule has 0 radical (unpaired) electrons. The summed E-state index contributed by atoms with van der Waals surface area (Å²) in [4.78, 5) is 11.2. The average Bonchev–Trinajstić information content (AvgIpc) is 3.30. The van der Waals surface area contributed by atoms with Crippen LogP contribution in [0.3, 0.4) is 0 Å². The number of pyridine rings is 1. The molecule has 5 rings (SSSR count). The van der Waals surface area contributed by atoms with Crippen LogP contribution in [0.25, 0.3) is 10.9 Å². The third-order valence-electron chi connectivity index (χ3n) is 6.65. The fourth-order valence-corrected chi connectivity index (χ4v) is 5.32. The maximum Gasteiger partial charge on any atom is 0.416 e. The fourth-order valence-electron chi connectivity index (χ4n) is 4.91. The van der Waals surface area contributed by atoms with E-state index in [4.69, 9.17) is 23.2 Å². The molecule has 4 nitrogen and oxygen atoms in total. The van der Waals surface area contributed by atoms with Crippen molar-refractivity contribution in [3.05, 3.63) is 64.3 Å². The zero-order chi connectivity index (χ0) is 23.2. The maximum atomic E-state index is 13.1. The number of benzene rings is 2. The Morgan fingerprint density at radius 1 is 0.879 bits per heavy atom. The van der Waals surface area contributed by atoms with Crippen LogP contribution in [-0.4, -0.2) is 55.2 Å². The van der Waals surface area contributed by atoms with Crippen molar-refractivity contribution in [1.29, 1.82) is 0 Å². The summed E-state index contributed by atoms with van der Waals surface area (Å²) < 4.78 is 39.3. The lowest BCUT2D eigenvalue weighted by atomic mass is 10.1. The van der Waals surface area contributed by atoms with Gasteiger partial charge in [-0.3, -0.25) is 9.88 Å². The van der Waals surface area contributed by atoms with E-state index in [9.17, 15) is 13.2 Å². The number of halogens is 5. The van der Waals surface area contributed by atoms with Gasteiger partial charge in [0.05, 0.1) is 26.8 Å². The third kappa shape index (κ3) is 4.46. The number of rotatable bonds is 3. The van der Waals surface area contributed by atoms with Gasteiger partial charge in [0.15, 0.2) is 0 Å². The van der Waals surface area contributed by atoms with Crippen LogP contribution in [-0.2, 0) is 6.18 Å². The van der Waals surface area contributed by atoms with E-state index in [0.717, 1.165) is 74.6 Å². The Morgan fingerprint density at radius 3 is 2.42 bits per heavy atom.